The first-order chi connectivity index (χ1) is 6.83. The van der Waals surface area contributed by atoms with Crippen LogP contribution >= 0.6 is 0 Å². The van der Waals surface area contributed by atoms with Gasteiger partial charge in [-0.1, -0.05) is 19.4 Å². The third-order valence-electron chi connectivity index (χ3n) is 2.32. The molecule has 14 heavy (non-hydrogen) atoms. The number of hydrogen-bond acceptors (Lipinski definition) is 2. The Hall–Kier alpha value is -0.890. The van der Waals surface area contributed by atoms with E-state index < -0.39 is 0 Å². The minimum Gasteiger partial charge on any atom is -0.393 e. The second-order valence-electron chi connectivity index (χ2n) is 3.66. The molecular formula is C12H19NO. The standard InChI is InChI=1S/C12H19NO/c1-2-6-12(14)9-5-8-11-7-3-4-10-13-11/h3-4,7,10,12,14H,2,5-6,8-9H2,1H3. The van der Waals surface area contributed by atoms with E-state index in [9.17, 15) is 5.11 Å². The van der Waals surface area contributed by atoms with Crippen LogP contribution in [0.15, 0.2) is 24.4 Å². The van der Waals surface area contributed by atoms with Crippen molar-refractivity contribution in [3.05, 3.63) is 30.1 Å². The van der Waals surface area contributed by atoms with Gasteiger partial charge in [0.05, 0.1) is 6.10 Å². The Morgan fingerprint density at radius 1 is 1.36 bits per heavy atom. The molecular weight excluding hydrogens is 174 g/mol. The van der Waals surface area contributed by atoms with Crippen LogP contribution < -0.4 is 0 Å². The van der Waals surface area contributed by atoms with Gasteiger partial charge < -0.3 is 5.11 Å². The Labute approximate surface area is 86.0 Å². The fraction of sp³-hybridized carbons (Fsp3) is 0.583. The van der Waals surface area contributed by atoms with E-state index in [4.69, 9.17) is 0 Å². The van der Waals surface area contributed by atoms with Gasteiger partial charge in [-0.3, -0.25) is 4.98 Å². The lowest BCUT2D eigenvalue weighted by Crippen LogP contribution is -2.06. The molecule has 1 atom stereocenters. The lowest BCUT2D eigenvalue weighted by Gasteiger charge is -2.07. The van der Waals surface area contributed by atoms with Crippen LogP contribution in [0, 0.1) is 0 Å². The molecule has 0 aliphatic carbocycles. The van der Waals surface area contributed by atoms with E-state index in [0.717, 1.165) is 37.8 Å². The van der Waals surface area contributed by atoms with Crippen molar-refractivity contribution in [2.45, 2.75) is 45.1 Å². The Bertz CT molecular complexity index is 235. The zero-order valence-electron chi connectivity index (χ0n) is 8.82. The molecule has 0 amide bonds. The number of hydrogen-bond donors (Lipinski definition) is 1. The van der Waals surface area contributed by atoms with Crippen molar-refractivity contribution in [2.24, 2.45) is 0 Å². The largest absolute Gasteiger partial charge is 0.393 e. The van der Waals surface area contributed by atoms with E-state index in [2.05, 4.69) is 11.9 Å². The summed E-state index contributed by atoms with van der Waals surface area (Å²) in [6.45, 7) is 2.10. The molecule has 78 valence electrons. The fourth-order valence-electron chi connectivity index (χ4n) is 1.54. The highest BCUT2D eigenvalue weighted by Crippen LogP contribution is 2.07. The summed E-state index contributed by atoms with van der Waals surface area (Å²) in [5, 5.41) is 9.51. The first-order valence-electron chi connectivity index (χ1n) is 5.41. The highest BCUT2D eigenvalue weighted by atomic mass is 16.3. The molecule has 0 spiro atoms. The topological polar surface area (TPSA) is 33.1 Å². The molecule has 0 saturated heterocycles. The molecule has 1 aromatic heterocycles. The smallest absolute Gasteiger partial charge is 0.0540 e. The normalized spacial score (nSPS) is 12.7. The first kappa shape index (κ1) is 11.2. The number of aliphatic hydroxyl groups is 1. The van der Waals surface area contributed by atoms with Gasteiger partial charge in [-0.2, -0.15) is 0 Å². The molecule has 0 saturated carbocycles. The molecule has 0 aliphatic rings. The van der Waals surface area contributed by atoms with E-state index in [1.165, 1.54) is 0 Å². The van der Waals surface area contributed by atoms with Crippen LogP contribution in [0.1, 0.15) is 38.3 Å². The third kappa shape index (κ3) is 4.38. The molecule has 0 aliphatic heterocycles. The average Bonchev–Trinajstić information content (AvgIpc) is 2.20. The van der Waals surface area contributed by atoms with Gasteiger partial charge in [-0.25, -0.2) is 0 Å². The summed E-state index contributed by atoms with van der Waals surface area (Å²) in [6.07, 6.45) is 6.57. The van der Waals surface area contributed by atoms with Crippen LogP contribution in [-0.4, -0.2) is 16.2 Å². The van der Waals surface area contributed by atoms with Gasteiger partial charge in [0.1, 0.15) is 0 Å². The van der Waals surface area contributed by atoms with Crippen LogP contribution in [0.4, 0.5) is 0 Å². The maximum absolute atomic E-state index is 9.51. The zero-order chi connectivity index (χ0) is 10.2. The van der Waals surface area contributed by atoms with E-state index in [0.29, 0.717) is 0 Å². The van der Waals surface area contributed by atoms with Gasteiger partial charge in [0.25, 0.3) is 0 Å². The van der Waals surface area contributed by atoms with Crippen LogP contribution in [0.2, 0.25) is 0 Å². The van der Waals surface area contributed by atoms with Crippen molar-refractivity contribution < 1.29 is 5.11 Å². The molecule has 2 nitrogen and oxygen atoms in total. The van der Waals surface area contributed by atoms with Gasteiger partial charge in [0, 0.05) is 11.9 Å². The lowest BCUT2D eigenvalue weighted by atomic mass is 10.1. The van der Waals surface area contributed by atoms with Crippen molar-refractivity contribution in [1.82, 2.24) is 4.98 Å². The molecule has 1 N–H and O–H groups in total. The van der Waals surface area contributed by atoms with E-state index in [1.807, 2.05) is 24.4 Å². The van der Waals surface area contributed by atoms with Gasteiger partial charge >= 0.3 is 0 Å². The van der Waals surface area contributed by atoms with Crippen LogP contribution in [0.5, 0.6) is 0 Å². The summed E-state index contributed by atoms with van der Waals surface area (Å²) >= 11 is 0. The summed E-state index contributed by atoms with van der Waals surface area (Å²) in [6, 6.07) is 5.96. The monoisotopic (exact) mass is 193 g/mol. The maximum atomic E-state index is 9.51. The summed E-state index contributed by atoms with van der Waals surface area (Å²) < 4.78 is 0. The number of nitrogens with zero attached hydrogens (tertiary/aromatic N) is 1. The average molecular weight is 193 g/mol. The number of aromatic nitrogens is 1. The van der Waals surface area contributed by atoms with E-state index in [-0.39, 0.29) is 6.10 Å². The minimum atomic E-state index is -0.122. The second-order valence-corrected chi connectivity index (χ2v) is 3.66. The van der Waals surface area contributed by atoms with Crippen molar-refractivity contribution in [3.63, 3.8) is 0 Å². The highest BCUT2D eigenvalue weighted by molar-refractivity contribution is 5.03. The maximum Gasteiger partial charge on any atom is 0.0540 e. The van der Waals surface area contributed by atoms with Crippen LogP contribution in [0.3, 0.4) is 0 Å². The zero-order valence-corrected chi connectivity index (χ0v) is 8.82. The van der Waals surface area contributed by atoms with Crippen LogP contribution in [0.25, 0.3) is 0 Å². The summed E-state index contributed by atoms with van der Waals surface area (Å²) in [5.41, 5.74) is 1.12. The predicted molar refractivity (Wildman–Crippen MR) is 58.1 cm³/mol. The molecule has 0 radical (unpaired) electrons. The van der Waals surface area contributed by atoms with Crippen molar-refractivity contribution in [3.8, 4) is 0 Å². The molecule has 0 aromatic carbocycles. The Balaban J connectivity index is 2.16. The minimum absolute atomic E-state index is 0.122. The predicted octanol–water partition coefficient (Wildman–Crippen LogP) is 2.57. The van der Waals surface area contributed by atoms with Crippen molar-refractivity contribution >= 4 is 0 Å². The van der Waals surface area contributed by atoms with E-state index >= 15 is 0 Å². The fourth-order valence-corrected chi connectivity index (χ4v) is 1.54. The van der Waals surface area contributed by atoms with Gasteiger partial charge in [0.15, 0.2) is 0 Å². The molecule has 1 unspecified atom stereocenters. The Morgan fingerprint density at radius 2 is 2.21 bits per heavy atom. The second kappa shape index (κ2) is 6.55. The molecule has 1 aromatic rings. The van der Waals surface area contributed by atoms with Gasteiger partial charge in [0.2, 0.25) is 0 Å². The number of aryl methyl sites for hydroxylation is 1. The summed E-state index contributed by atoms with van der Waals surface area (Å²) in [4.78, 5) is 4.24. The van der Waals surface area contributed by atoms with Gasteiger partial charge in [-0.15, -0.1) is 0 Å². The van der Waals surface area contributed by atoms with E-state index in [1.54, 1.807) is 0 Å². The molecule has 1 rings (SSSR count). The third-order valence-corrected chi connectivity index (χ3v) is 2.32. The molecule has 0 bridgehead atoms. The highest BCUT2D eigenvalue weighted by Gasteiger charge is 2.02. The first-order valence-corrected chi connectivity index (χ1v) is 5.41. The Morgan fingerprint density at radius 3 is 2.86 bits per heavy atom. The lowest BCUT2D eigenvalue weighted by molar-refractivity contribution is 0.151. The quantitative estimate of drug-likeness (QED) is 0.753. The summed E-state index contributed by atoms with van der Waals surface area (Å²) in [5.74, 6) is 0. The molecule has 1 heterocycles. The number of pyridine rings is 1. The van der Waals surface area contributed by atoms with Crippen LogP contribution in [-0.2, 0) is 6.42 Å². The molecule has 0 fully saturated rings. The summed E-state index contributed by atoms with van der Waals surface area (Å²) in [7, 11) is 0. The SMILES string of the molecule is CCCC(O)CCCc1ccccn1. The number of aliphatic hydroxyl groups excluding tert-OH is 1. The Kier molecular flexibility index (Phi) is 5.23. The van der Waals surface area contributed by atoms with Crippen molar-refractivity contribution in [1.29, 1.82) is 0 Å². The van der Waals surface area contributed by atoms with Gasteiger partial charge in [-0.05, 0) is 37.8 Å². The number of rotatable bonds is 6. The molecule has 2 heteroatoms. The van der Waals surface area contributed by atoms with Crippen molar-refractivity contribution in [2.75, 3.05) is 0 Å².